The number of aryl methyl sites for hydroxylation is 1. The Labute approximate surface area is 128 Å². The first-order chi connectivity index (χ1) is 10.3. The van der Waals surface area contributed by atoms with Gasteiger partial charge in [-0.15, -0.1) is 5.10 Å². The number of rotatable bonds is 6. The third-order valence-corrected chi connectivity index (χ3v) is 3.05. The Kier molecular flexibility index (Phi) is 4.55. The number of carbonyl (C=O) groups excluding carboxylic acids is 1. The highest BCUT2D eigenvalue weighted by Gasteiger charge is 2.30. The first-order valence-electron chi connectivity index (χ1n) is 7.02. The van der Waals surface area contributed by atoms with Crippen LogP contribution in [0.1, 0.15) is 43.0 Å². The van der Waals surface area contributed by atoms with E-state index in [1.807, 2.05) is 39.8 Å². The van der Waals surface area contributed by atoms with Gasteiger partial charge in [-0.25, -0.2) is 4.68 Å². The minimum Gasteiger partial charge on any atom is -0.338 e. The molecule has 0 aliphatic heterocycles. The largest absolute Gasteiger partial charge is 0.338 e. The van der Waals surface area contributed by atoms with Crippen LogP contribution in [0.2, 0.25) is 0 Å². The highest BCUT2D eigenvalue weighted by atomic mass is 16.5. The summed E-state index contributed by atoms with van der Waals surface area (Å²) >= 11 is 0. The molecule has 1 N–H and O–H groups in total. The Morgan fingerprint density at radius 3 is 2.82 bits per heavy atom. The maximum absolute atomic E-state index is 12.4. The van der Waals surface area contributed by atoms with Crippen molar-refractivity contribution in [1.29, 1.82) is 0 Å². The topological polar surface area (TPSA) is 102 Å². The van der Waals surface area contributed by atoms with Gasteiger partial charge in [-0.05, 0) is 34.9 Å². The molecule has 2 rings (SSSR count). The Morgan fingerprint density at radius 2 is 2.18 bits per heavy atom. The van der Waals surface area contributed by atoms with Crippen LogP contribution in [0, 0.1) is 0 Å². The fourth-order valence-electron chi connectivity index (χ4n) is 1.91. The smallest absolute Gasteiger partial charge is 0.272 e. The van der Waals surface area contributed by atoms with Crippen LogP contribution in [0.4, 0.5) is 0 Å². The van der Waals surface area contributed by atoms with Gasteiger partial charge in [0.15, 0.2) is 5.82 Å². The van der Waals surface area contributed by atoms with Crippen LogP contribution in [-0.4, -0.2) is 50.0 Å². The molecule has 0 spiro atoms. The predicted molar refractivity (Wildman–Crippen MR) is 77.9 cm³/mol. The zero-order valence-corrected chi connectivity index (χ0v) is 13.5. The molecular weight excluding hydrogens is 286 g/mol. The van der Waals surface area contributed by atoms with Crippen molar-refractivity contribution in [2.24, 2.45) is 0 Å². The normalized spacial score (nSPS) is 11.9. The quantitative estimate of drug-likeness (QED) is 0.824. The summed E-state index contributed by atoms with van der Waals surface area (Å²) in [5, 5.41) is 14.4. The highest BCUT2D eigenvalue weighted by Crippen LogP contribution is 2.17. The molecule has 0 bridgehead atoms. The lowest BCUT2D eigenvalue weighted by molar-refractivity contribution is 0.0896. The SMILES string of the molecule is CCn1nncc1C(=O)NC(C)(C)c1noc(CN(C)C)n1. The van der Waals surface area contributed by atoms with E-state index in [-0.39, 0.29) is 5.91 Å². The van der Waals surface area contributed by atoms with Crippen molar-refractivity contribution in [1.82, 2.24) is 35.4 Å². The molecule has 2 aromatic heterocycles. The van der Waals surface area contributed by atoms with Gasteiger partial charge in [0, 0.05) is 6.54 Å². The molecule has 0 aromatic carbocycles. The summed E-state index contributed by atoms with van der Waals surface area (Å²) in [4.78, 5) is 18.6. The fourth-order valence-corrected chi connectivity index (χ4v) is 1.91. The molecule has 0 saturated carbocycles. The minimum absolute atomic E-state index is 0.282. The molecule has 9 nitrogen and oxygen atoms in total. The van der Waals surface area contributed by atoms with Crippen molar-refractivity contribution in [2.75, 3.05) is 14.1 Å². The molecule has 120 valence electrons. The molecule has 0 saturated heterocycles. The lowest BCUT2D eigenvalue weighted by atomic mass is 10.0. The second-order valence-electron chi connectivity index (χ2n) is 5.76. The molecular formula is C13H21N7O2. The number of hydrogen-bond donors (Lipinski definition) is 1. The Bertz CT molecular complexity index is 644. The van der Waals surface area contributed by atoms with Crippen LogP contribution in [0.3, 0.4) is 0 Å². The van der Waals surface area contributed by atoms with E-state index in [0.717, 1.165) is 0 Å². The summed E-state index contributed by atoms with van der Waals surface area (Å²) < 4.78 is 6.72. The van der Waals surface area contributed by atoms with Crippen molar-refractivity contribution in [2.45, 2.75) is 39.4 Å². The highest BCUT2D eigenvalue weighted by molar-refractivity contribution is 5.92. The zero-order chi connectivity index (χ0) is 16.3. The van der Waals surface area contributed by atoms with E-state index in [9.17, 15) is 4.79 Å². The second-order valence-corrected chi connectivity index (χ2v) is 5.76. The lowest BCUT2D eigenvalue weighted by Crippen LogP contribution is -2.42. The van der Waals surface area contributed by atoms with Crippen LogP contribution in [0.15, 0.2) is 10.7 Å². The molecule has 22 heavy (non-hydrogen) atoms. The van der Waals surface area contributed by atoms with E-state index >= 15 is 0 Å². The molecule has 0 aliphatic rings. The zero-order valence-electron chi connectivity index (χ0n) is 13.5. The Morgan fingerprint density at radius 1 is 1.45 bits per heavy atom. The van der Waals surface area contributed by atoms with Gasteiger partial charge < -0.3 is 14.7 Å². The Balaban J connectivity index is 2.13. The first-order valence-corrected chi connectivity index (χ1v) is 7.02. The molecule has 2 aromatic rings. The summed E-state index contributed by atoms with van der Waals surface area (Å²) in [6.07, 6.45) is 1.43. The summed E-state index contributed by atoms with van der Waals surface area (Å²) in [6, 6.07) is 0. The summed E-state index contributed by atoms with van der Waals surface area (Å²) in [7, 11) is 3.82. The fraction of sp³-hybridized carbons (Fsp3) is 0.615. The standard InChI is InChI=1S/C13H21N7O2/c1-6-20-9(7-14-18-20)11(21)16-13(2,3)12-15-10(22-17-12)8-19(4)5/h7H,6,8H2,1-5H3,(H,16,21). The summed E-state index contributed by atoms with van der Waals surface area (Å²) in [6.45, 7) is 6.63. The van der Waals surface area contributed by atoms with Crippen LogP contribution < -0.4 is 5.32 Å². The van der Waals surface area contributed by atoms with Gasteiger partial charge in [-0.2, -0.15) is 4.98 Å². The molecule has 9 heteroatoms. The van der Waals surface area contributed by atoms with Gasteiger partial charge in [0.2, 0.25) is 5.89 Å². The van der Waals surface area contributed by atoms with Gasteiger partial charge in [0.05, 0.1) is 18.3 Å². The van der Waals surface area contributed by atoms with Crippen molar-refractivity contribution >= 4 is 5.91 Å². The average Bonchev–Trinajstić information content (AvgIpc) is 3.05. The average molecular weight is 307 g/mol. The minimum atomic E-state index is -0.770. The first kappa shape index (κ1) is 16.1. The molecule has 0 aliphatic carbocycles. The predicted octanol–water partition coefficient (Wildman–Crippen LogP) is 0.408. The van der Waals surface area contributed by atoms with E-state index in [0.29, 0.717) is 30.5 Å². The molecule has 2 heterocycles. The van der Waals surface area contributed by atoms with Crippen molar-refractivity contribution in [3.05, 3.63) is 23.6 Å². The molecule has 0 fully saturated rings. The van der Waals surface area contributed by atoms with Crippen LogP contribution in [0.25, 0.3) is 0 Å². The van der Waals surface area contributed by atoms with Gasteiger partial charge in [0.1, 0.15) is 5.69 Å². The monoisotopic (exact) mass is 307 g/mol. The third kappa shape index (κ3) is 3.48. The number of nitrogens with one attached hydrogen (secondary N) is 1. The number of amides is 1. The van der Waals surface area contributed by atoms with E-state index < -0.39 is 5.54 Å². The van der Waals surface area contributed by atoms with Crippen molar-refractivity contribution in [3.8, 4) is 0 Å². The van der Waals surface area contributed by atoms with Gasteiger partial charge >= 0.3 is 0 Å². The summed E-state index contributed by atoms with van der Waals surface area (Å²) in [5.74, 6) is 0.645. The lowest BCUT2D eigenvalue weighted by Gasteiger charge is -2.22. The molecule has 0 radical (unpaired) electrons. The second kappa shape index (κ2) is 6.22. The molecule has 1 amide bonds. The third-order valence-electron chi connectivity index (χ3n) is 3.05. The maximum Gasteiger partial charge on any atom is 0.272 e. The number of carbonyl (C=O) groups is 1. The maximum atomic E-state index is 12.4. The Hall–Kier alpha value is -2.29. The van der Waals surface area contributed by atoms with Crippen LogP contribution in [0.5, 0.6) is 0 Å². The van der Waals surface area contributed by atoms with E-state index in [1.54, 1.807) is 0 Å². The summed E-state index contributed by atoms with van der Waals surface area (Å²) in [5.41, 5.74) is -0.374. The number of nitrogens with zero attached hydrogens (tertiary/aromatic N) is 6. The van der Waals surface area contributed by atoms with Gasteiger partial charge in [-0.3, -0.25) is 4.79 Å². The van der Waals surface area contributed by atoms with Crippen LogP contribution in [-0.2, 0) is 18.6 Å². The number of hydrogen-bond acceptors (Lipinski definition) is 7. The van der Waals surface area contributed by atoms with Crippen molar-refractivity contribution in [3.63, 3.8) is 0 Å². The van der Waals surface area contributed by atoms with Gasteiger partial charge in [0.25, 0.3) is 5.91 Å². The van der Waals surface area contributed by atoms with E-state index in [4.69, 9.17) is 4.52 Å². The van der Waals surface area contributed by atoms with Crippen LogP contribution >= 0.6 is 0 Å². The van der Waals surface area contributed by atoms with E-state index in [2.05, 4.69) is 25.8 Å². The van der Waals surface area contributed by atoms with E-state index in [1.165, 1.54) is 10.9 Å². The molecule has 0 atom stereocenters. The van der Waals surface area contributed by atoms with Crippen molar-refractivity contribution < 1.29 is 9.32 Å². The molecule has 0 unspecified atom stereocenters. The van der Waals surface area contributed by atoms with Gasteiger partial charge in [-0.1, -0.05) is 10.4 Å². The number of aromatic nitrogens is 5.